The van der Waals surface area contributed by atoms with Gasteiger partial charge in [-0.05, 0) is 41.5 Å². The summed E-state index contributed by atoms with van der Waals surface area (Å²) in [6.45, 7) is 2.55. The molecule has 1 N–H and O–H groups in total. The molecule has 1 fully saturated rings. The Morgan fingerprint density at radius 1 is 1.00 bits per heavy atom. The molecule has 2 aromatic rings. The minimum atomic E-state index is 0.292. The van der Waals surface area contributed by atoms with E-state index in [0.29, 0.717) is 18.4 Å². The maximum atomic E-state index is 11.7. The van der Waals surface area contributed by atoms with Gasteiger partial charge in [0, 0.05) is 32.1 Å². The fourth-order valence-electron chi connectivity index (χ4n) is 3.86. The van der Waals surface area contributed by atoms with Gasteiger partial charge in [-0.2, -0.15) is 0 Å². The second-order valence-corrected chi connectivity index (χ2v) is 6.91. The Morgan fingerprint density at radius 3 is 2.58 bits per heavy atom. The van der Waals surface area contributed by atoms with Gasteiger partial charge in [0.2, 0.25) is 5.91 Å². The van der Waals surface area contributed by atoms with E-state index in [9.17, 15) is 4.79 Å². The van der Waals surface area contributed by atoms with Crippen LogP contribution in [0, 0.1) is 0 Å². The Balaban J connectivity index is 1.34. The number of amides is 1. The molecule has 24 heavy (non-hydrogen) atoms. The van der Waals surface area contributed by atoms with Gasteiger partial charge >= 0.3 is 0 Å². The average molecular weight is 320 g/mol. The molecule has 2 aromatic carbocycles. The standard InChI is InChI=1S/C21H24N2O/c24-21-6-3-13-23(21)15-17-9-7-16(8-10-17)14-22-20-12-11-18-4-1-2-5-19(18)20/h1-2,4-5,7-10,20,22H,3,6,11-15H2. The van der Waals surface area contributed by atoms with Gasteiger partial charge in [-0.1, -0.05) is 48.5 Å². The summed E-state index contributed by atoms with van der Waals surface area (Å²) < 4.78 is 0. The van der Waals surface area contributed by atoms with Gasteiger partial charge in [-0.25, -0.2) is 0 Å². The molecular formula is C21H24N2O. The highest BCUT2D eigenvalue weighted by Crippen LogP contribution is 2.30. The first-order valence-corrected chi connectivity index (χ1v) is 8.96. The van der Waals surface area contributed by atoms with Gasteiger partial charge in [0.05, 0.1) is 0 Å². The monoisotopic (exact) mass is 320 g/mol. The van der Waals surface area contributed by atoms with E-state index in [2.05, 4.69) is 53.8 Å². The fourth-order valence-corrected chi connectivity index (χ4v) is 3.86. The molecule has 0 bridgehead atoms. The van der Waals surface area contributed by atoms with Crippen LogP contribution in [0.25, 0.3) is 0 Å². The molecule has 0 spiro atoms. The lowest BCUT2D eigenvalue weighted by Gasteiger charge is -2.16. The summed E-state index contributed by atoms with van der Waals surface area (Å²) in [6, 6.07) is 17.9. The topological polar surface area (TPSA) is 32.3 Å². The maximum absolute atomic E-state index is 11.7. The third-order valence-electron chi connectivity index (χ3n) is 5.25. The molecule has 0 aromatic heterocycles. The summed E-state index contributed by atoms with van der Waals surface area (Å²) in [4.78, 5) is 13.7. The average Bonchev–Trinajstić information content (AvgIpc) is 3.21. The van der Waals surface area contributed by atoms with Gasteiger partial charge in [0.15, 0.2) is 0 Å². The molecule has 4 rings (SSSR count). The van der Waals surface area contributed by atoms with Crippen molar-refractivity contribution in [3.8, 4) is 0 Å². The Labute approximate surface area is 143 Å². The van der Waals surface area contributed by atoms with Crippen LogP contribution < -0.4 is 5.32 Å². The molecule has 1 heterocycles. The van der Waals surface area contributed by atoms with E-state index < -0.39 is 0 Å². The van der Waals surface area contributed by atoms with Gasteiger partial charge < -0.3 is 10.2 Å². The molecule has 124 valence electrons. The molecular weight excluding hydrogens is 296 g/mol. The van der Waals surface area contributed by atoms with Crippen molar-refractivity contribution in [2.75, 3.05) is 6.54 Å². The van der Waals surface area contributed by atoms with Crippen molar-refractivity contribution < 1.29 is 4.79 Å². The van der Waals surface area contributed by atoms with Crippen LogP contribution in [0.15, 0.2) is 48.5 Å². The van der Waals surface area contributed by atoms with E-state index in [4.69, 9.17) is 0 Å². The van der Waals surface area contributed by atoms with Crippen LogP contribution in [0.1, 0.15) is 47.6 Å². The molecule has 1 aliphatic carbocycles. The largest absolute Gasteiger partial charge is 0.338 e. The summed E-state index contributed by atoms with van der Waals surface area (Å²) in [5.41, 5.74) is 5.47. The van der Waals surface area contributed by atoms with E-state index in [0.717, 1.165) is 26.1 Å². The molecule has 2 aliphatic rings. The van der Waals surface area contributed by atoms with Crippen molar-refractivity contribution in [3.05, 3.63) is 70.8 Å². The lowest BCUT2D eigenvalue weighted by Crippen LogP contribution is -2.23. The number of hydrogen-bond acceptors (Lipinski definition) is 2. The molecule has 0 radical (unpaired) electrons. The number of likely N-dealkylation sites (tertiary alicyclic amines) is 1. The Bertz CT molecular complexity index is 723. The zero-order chi connectivity index (χ0) is 16.4. The minimum absolute atomic E-state index is 0.292. The van der Waals surface area contributed by atoms with Crippen molar-refractivity contribution in [2.45, 2.75) is 44.8 Å². The number of fused-ring (bicyclic) bond motifs is 1. The smallest absolute Gasteiger partial charge is 0.222 e. The summed E-state index contributed by atoms with van der Waals surface area (Å²) in [5.74, 6) is 0.292. The molecule has 1 atom stereocenters. The predicted octanol–water partition coefficient (Wildman–Crippen LogP) is 3.59. The Morgan fingerprint density at radius 2 is 1.79 bits per heavy atom. The SMILES string of the molecule is O=C1CCCN1Cc1ccc(CNC2CCc3ccccc32)cc1. The summed E-state index contributed by atoms with van der Waals surface area (Å²) in [7, 11) is 0. The third-order valence-corrected chi connectivity index (χ3v) is 5.25. The molecule has 0 saturated carbocycles. The minimum Gasteiger partial charge on any atom is -0.338 e. The number of rotatable bonds is 5. The number of aryl methyl sites for hydroxylation is 1. The lowest BCUT2D eigenvalue weighted by atomic mass is 10.1. The van der Waals surface area contributed by atoms with Crippen LogP contribution in [0.5, 0.6) is 0 Å². The number of hydrogen-bond donors (Lipinski definition) is 1. The van der Waals surface area contributed by atoms with Gasteiger partial charge in [-0.15, -0.1) is 0 Å². The van der Waals surface area contributed by atoms with Crippen LogP contribution in [0.2, 0.25) is 0 Å². The van der Waals surface area contributed by atoms with Crippen molar-refractivity contribution in [1.29, 1.82) is 0 Å². The molecule has 3 nitrogen and oxygen atoms in total. The first kappa shape index (κ1) is 15.4. The highest BCUT2D eigenvalue weighted by atomic mass is 16.2. The summed E-state index contributed by atoms with van der Waals surface area (Å²) >= 11 is 0. The van der Waals surface area contributed by atoms with E-state index in [-0.39, 0.29) is 0 Å². The Hall–Kier alpha value is -2.13. The normalized spacial score (nSPS) is 19.8. The number of nitrogens with zero attached hydrogens (tertiary/aromatic N) is 1. The van der Waals surface area contributed by atoms with E-state index in [1.54, 1.807) is 0 Å². The number of benzene rings is 2. The quantitative estimate of drug-likeness (QED) is 0.913. The molecule has 1 saturated heterocycles. The second-order valence-electron chi connectivity index (χ2n) is 6.91. The molecule has 1 amide bonds. The van der Waals surface area contributed by atoms with Crippen molar-refractivity contribution >= 4 is 5.91 Å². The van der Waals surface area contributed by atoms with Crippen LogP contribution in [-0.2, 0) is 24.3 Å². The van der Waals surface area contributed by atoms with Crippen LogP contribution in [0.3, 0.4) is 0 Å². The molecule has 1 unspecified atom stereocenters. The lowest BCUT2D eigenvalue weighted by molar-refractivity contribution is -0.128. The summed E-state index contributed by atoms with van der Waals surface area (Å²) in [6.07, 6.45) is 4.08. The first-order valence-electron chi connectivity index (χ1n) is 8.96. The van der Waals surface area contributed by atoms with Crippen molar-refractivity contribution in [2.24, 2.45) is 0 Å². The number of carbonyl (C=O) groups is 1. The molecule has 3 heteroatoms. The van der Waals surface area contributed by atoms with Gasteiger partial charge in [-0.3, -0.25) is 4.79 Å². The van der Waals surface area contributed by atoms with Gasteiger partial charge in [0.1, 0.15) is 0 Å². The Kier molecular flexibility index (Phi) is 4.35. The zero-order valence-corrected chi connectivity index (χ0v) is 14.0. The van der Waals surface area contributed by atoms with Crippen LogP contribution in [0.4, 0.5) is 0 Å². The van der Waals surface area contributed by atoms with Crippen molar-refractivity contribution in [1.82, 2.24) is 10.2 Å². The first-order chi connectivity index (χ1) is 11.8. The zero-order valence-electron chi connectivity index (χ0n) is 14.0. The number of carbonyl (C=O) groups excluding carboxylic acids is 1. The van der Waals surface area contributed by atoms with E-state index in [1.807, 2.05) is 4.90 Å². The highest BCUT2D eigenvalue weighted by molar-refractivity contribution is 5.78. The number of nitrogens with one attached hydrogen (secondary N) is 1. The fraction of sp³-hybridized carbons (Fsp3) is 0.381. The third kappa shape index (κ3) is 3.22. The predicted molar refractivity (Wildman–Crippen MR) is 95.4 cm³/mol. The van der Waals surface area contributed by atoms with Crippen molar-refractivity contribution in [3.63, 3.8) is 0 Å². The van der Waals surface area contributed by atoms with Gasteiger partial charge in [0.25, 0.3) is 0 Å². The maximum Gasteiger partial charge on any atom is 0.222 e. The summed E-state index contributed by atoms with van der Waals surface area (Å²) in [5, 5.41) is 3.69. The second kappa shape index (κ2) is 6.78. The molecule has 1 aliphatic heterocycles. The van der Waals surface area contributed by atoms with E-state index in [1.165, 1.54) is 35.1 Å². The van der Waals surface area contributed by atoms with Crippen LogP contribution in [-0.4, -0.2) is 17.4 Å². The highest BCUT2D eigenvalue weighted by Gasteiger charge is 2.21. The van der Waals surface area contributed by atoms with E-state index >= 15 is 0 Å². The van der Waals surface area contributed by atoms with Crippen LogP contribution >= 0.6 is 0 Å².